The van der Waals surface area contributed by atoms with Gasteiger partial charge in [0.05, 0.1) is 5.69 Å². The minimum absolute atomic E-state index is 0.0571. The van der Waals surface area contributed by atoms with E-state index in [1.165, 1.54) is 6.07 Å². The molecule has 0 aliphatic carbocycles. The lowest BCUT2D eigenvalue weighted by atomic mass is 10.1. The van der Waals surface area contributed by atoms with E-state index in [0.29, 0.717) is 5.69 Å². The Balaban J connectivity index is 2.13. The Hall–Kier alpha value is -2.62. The summed E-state index contributed by atoms with van der Waals surface area (Å²) in [7, 11) is 0. The highest BCUT2D eigenvalue weighted by atomic mass is 16.4. The zero-order chi connectivity index (χ0) is 12.5. The maximum absolute atomic E-state index is 10.9. The van der Waals surface area contributed by atoms with Crippen molar-refractivity contribution in [1.29, 1.82) is 0 Å². The van der Waals surface area contributed by atoms with Crippen LogP contribution in [0.1, 0.15) is 10.5 Å². The van der Waals surface area contributed by atoms with Gasteiger partial charge < -0.3 is 10.1 Å². The number of aromatic amines is 1. The van der Waals surface area contributed by atoms with Crippen molar-refractivity contribution < 1.29 is 9.90 Å². The summed E-state index contributed by atoms with van der Waals surface area (Å²) < 4.78 is 0. The van der Waals surface area contributed by atoms with Crippen molar-refractivity contribution in [3.05, 3.63) is 54.4 Å². The average Bonchev–Trinajstić information content (AvgIpc) is 2.86. The lowest BCUT2D eigenvalue weighted by molar-refractivity contribution is 0.0690. The maximum Gasteiger partial charge on any atom is 0.354 e. The van der Waals surface area contributed by atoms with E-state index in [1.54, 1.807) is 12.1 Å². The standard InChI is InChI=1S/C14H10N2O2/c17-14(18)13-3-1-2-12(16-13)9-4-5-11-10(8-9)6-7-15-11/h1-8,15H,(H,17,18). The third-order valence-corrected chi connectivity index (χ3v) is 2.82. The second kappa shape index (κ2) is 4.00. The molecular weight excluding hydrogens is 228 g/mol. The van der Waals surface area contributed by atoms with Crippen LogP contribution in [0.15, 0.2) is 48.7 Å². The van der Waals surface area contributed by atoms with Gasteiger partial charge in [-0.15, -0.1) is 0 Å². The van der Waals surface area contributed by atoms with Gasteiger partial charge in [0, 0.05) is 22.7 Å². The molecule has 18 heavy (non-hydrogen) atoms. The van der Waals surface area contributed by atoms with Crippen molar-refractivity contribution >= 4 is 16.9 Å². The molecule has 3 aromatic rings. The first-order chi connectivity index (χ1) is 8.74. The summed E-state index contributed by atoms with van der Waals surface area (Å²) in [5.41, 5.74) is 2.68. The quantitative estimate of drug-likeness (QED) is 0.721. The fourth-order valence-electron chi connectivity index (χ4n) is 1.93. The van der Waals surface area contributed by atoms with E-state index in [1.807, 2.05) is 30.5 Å². The normalized spacial score (nSPS) is 10.7. The van der Waals surface area contributed by atoms with Crippen LogP contribution in [0.2, 0.25) is 0 Å². The van der Waals surface area contributed by atoms with Gasteiger partial charge >= 0.3 is 5.97 Å². The fraction of sp³-hybridized carbons (Fsp3) is 0. The van der Waals surface area contributed by atoms with Crippen LogP contribution in [-0.2, 0) is 0 Å². The molecule has 0 bridgehead atoms. The Bertz CT molecular complexity index is 731. The van der Waals surface area contributed by atoms with Crippen LogP contribution in [0.5, 0.6) is 0 Å². The molecule has 2 heterocycles. The summed E-state index contributed by atoms with van der Waals surface area (Å²) in [5, 5.41) is 10.0. The number of aromatic nitrogens is 2. The summed E-state index contributed by atoms with van der Waals surface area (Å²) in [4.78, 5) is 18.1. The van der Waals surface area contributed by atoms with E-state index in [9.17, 15) is 4.79 Å². The molecule has 0 fully saturated rings. The van der Waals surface area contributed by atoms with Gasteiger partial charge in [0.25, 0.3) is 0 Å². The first kappa shape index (κ1) is 10.5. The number of hydrogen-bond donors (Lipinski definition) is 2. The predicted octanol–water partition coefficient (Wildman–Crippen LogP) is 2.93. The minimum Gasteiger partial charge on any atom is -0.477 e. The molecule has 0 unspecified atom stereocenters. The fourth-order valence-corrected chi connectivity index (χ4v) is 1.93. The maximum atomic E-state index is 10.9. The Labute approximate surface area is 103 Å². The third-order valence-electron chi connectivity index (χ3n) is 2.82. The van der Waals surface area contributed by atoms with E-state index in [2.05, 4.69) is 9.97 Å². The lowest BCUT2D eigenvalue weighted by Crippen LogP contribution is -2.00. The van der Waals surface area contributed by atoms with Gasteiger partial charge in [-0.1, -0.05) is 12.1 Å². The van der Waals surface area contributed by atoms with Crippen LogP contribution < -0.4 is 0 Å². The molecule has 0 amide bonds. The molecule has 0 atom stereocenters. The van der Waals surface area contributed by atoms with Crippen LogP contribution in [-0.4, -0.2) is 21.0 Å². The molecule has 4 nitrogen and oxygen atoms in total. The number of hydrogen-bond acceptors (Lipinski definition) is 2. The molecule has 4 heteroatoms. The summed E-state index contributed by atoms with van der Waals surface area (Å²) in [6.45, 7) is 0. The third kappa shape index (κ3) is 1.73. The molecule has 2 N–H and O–H groups in total. The number of nitrogens with one attached hydrogen (secondary N) is 1. The largest absolute Gasteiger partial charge is 0.477 e. The Morgan fingerprint density at radius 3 is 2.89 bits per heavy atom. The molecule has 0 radical (unpaired) electrons. The first-order valence-corrected chi connectivity index (χ1v) is 5.52. The molecule has 1 aromatic carbocycles. The zero-order valence-corrected chi connectivity index (χ0v) is 9.42. The molecule has 0 aliphatic rings. The van der Waals surface area contributed by atoms with Crippen molar-refractivity contribution in [2.75, 3.05) is 0 Å². The number of carboxylic acid groups (broad SMARTS) is 1. The van der Waals surface area contributed by atoms with Gasteiger partial charge in [0.1, 0.15) is 5.69 Å². The number of carboxylic acids is 1. The highest BCUT2D eigenvalue weighted by Crippen LogP contribution is 2.22. The topological polar surface area (TPSA) is 66.0 Å². The number of benzene rings is 1. The number of fused-ring (bicyclic) bond motifs is 1. The van der Waals surface area contributed by atoms with E-state index < -0.39 is 5.97 Å². The Kier molecular flexibility index (Phi) is 2.34. The predicted molar refractivity (Wildman–Crippen MR) is 68.5 cm³/mol. The monoisotopic (exact) mass is 238 g/mol. The van der Waals surface area contributed by atoms with Gasteiger partial charge in [-0.05, 0) is 30.3 Å². The van der Waals surface area contributed by atoms with Crippen molar-refractivity contribution in [1.82, 2.24) is 9.97 Å². The number of aromatic carboxylic acids is 1. The van der Waals surface area contributed by atoms with Gasteiger partial charge in [-0.3, -0.25) is 0 Å². The number of pyridine rings is 1. The van der Waals surface area contributed by atoms with Crippen LogP contribution in [0.4, 0.5) is 0 Å². The number of H-pyrrole nitrogens is 1. The molecule has 2 aromatic heterocycles. The molecule has 3 rings (SSSR count). The summed E-state index contributed by atoms with van der Waals surface area (Å²) in [5.74, 6) is -1.01. The first-order valence-electron chi connectivity index (χ1n) is 5.52. The van der Waals surface area contributed by atoms with Crippen molar-refractivity contribution in [3.8, 4) is 11.3 Å². The molecule has 0 spiro atoms. The molecule has 88 valence electrons. The van der Waals surface area contributed by atoms with Crippen LogP contribution in [0.25, 0.3) is 22.2 Å². The number of carbonyl (C=O) groups is 1. The Morgan fingerprint density at radius 1 is 1.17 bits per heavy atom. The molecule has 0 saturated heterocycles. The van der Waals surface area contributed by atoms with Gasteiger partial charge in [0.2, 0.25) is 0 Å². The van der Waals surface area contributed by atoms with E-state index in [0.717, 1.165) is 16.5 Å². The summed E-state index contributed by atoms with van der Waals surface area (Å²) >= 11 is 0. The average molecular weight is 238 g/mol. The van der Waals surface area contributed by atoms with Crippen molar-refractivity contribution in [2.45, 2.75) is 0 Å². The van der Waals surface area contributed by atoms with E-state index in [-0.39, 0.29) is 5.69 Å². The molecule has 0 aliphatic heterocycles. The van der Waals surface area contributed by atoms with Crippen LogP contribution in [0, 0.1) is 0 Å². The van der Waals surface area contributed by atoms with Gasteiger partial charge in [0.15, 0.2) is 0 Å². The number of rotatable bonds is 2. The van der Waals surface area contributed by atoms with E-state index in [4.69, 9.17) is 5.11 Å². The molecule has 0 saturated carbocycles. The van der Waals surface area contributed by atoms with Crippen molar-refractivity contribution in [3.63, 3.8) is 0 Å². The smallest absolute Gasteiger partial charge is 0.354 e. The van der Waals surface area contributed by atoms with Gasteiger partial charge in [-0.25, -0.2) is 9.78 Å². The SMILES string of the molecule is O=C(O)c1cccc(-c2ccc3[nH]ccc3c2)n1. The number of nitrogens with zero attached hydrogens (tertiary/aromatic N) is 1. The second-order valence-corrected chi connectivity index (χ2v) is 3.99. The summed E-state index contributed by atoms with van der Waals surface area (Å²) in [6.07, 6.45) is 1.87. The van der Waals surface area contributed by atoms with Crippen LogP contribution in [0.3, 0.4) is 0 Å². The molecular formula is C14H10N2O2. The zero-order valence-electron chi connectivity index (χ0n) is 9.42. The van der Waals surface area contributed by atoms with Crippen molar-refractivity contribution in [2.24, 2.45) is 0 Å². The van der Waals surface area contributed by atoms with Gasteiger partial charge in [-0.2, -0.15) is 0 Å². The minimum atomic E-state index is -1.01. The van der Waals surface area contributed by atoms with Crippen LogP contribution >= 0.6 is 0 Å². The van der Waals surface area contributed by atoms with E-state index >= 15 is 0 Å². The highest BCUT2D eigenvalue weighted by molar-refractivity contribution is 5.87. The highest BCUT2D eigenvalue weighted by Gasteiger charge is 2.07. The Morgan fingerprint density at radius 2 is 2.06 bits per heavy atom. The second-order valence-electron chi connectivity index (χ2n) is 3.99. The summed E-state index contributed by atoms with van der Waals surface area (Å²) in [6, 6.07) is 12.8. The lowest BCUT2D eigenvalue weighted by Gasteiger charge is -2.02.